The second kappa shape index (κ2) is 6.31. The van der Waals surface area contributed by atoms with Crippen LogP contribution >= 0.6 is 0 Å². The van der Waals surface area contributed by atoms with Crippen molar-refractivity contribution in [2.24, 2.45) is 0 Å². The maximum Gasteiger partial charge on any atom is 0.339 e. The van der Waals surface area contributed by atoms with E-state index < -0.39 is 5.97 Å². The number of rotatable bonds is 5. The molecule has 0 aliphatic heterocycles. The average molecular weight is 286 g/mol. The molecule has 0 aliphatic carbocycles. The van der Waals surface area contributed by atoms with Crippen LogP contribution in [-0.4, -0.2) is 18.2 Å². The van der Waals surface area contributed by atoms with E-state index in [9.17, 15) is 4.79 Å². The molecule has 0 amide bonds. The molecule has 0 spiro atoms. The SMILES string of the molecule is COc1ccc(COc2cccc(C)c2C)cc1C(=O)O. The zero-order valence-corrected chi connectivity index (χ0v) is 12.3. The summed E-state index contributed by atoms with van der Waals surface area (Å²) in [6.45, 7) is 4.34. The van der Waals surface area contributed by atoms with Crippen LogP contribution in [0.25, 0.3) is 0 Å². The van der Waals surface area contributed by atoms with Gasteiger partial charge in [-0.25, -0.2) is 4.79 Å². The quantitative estimate of drug-likeness (QED) is 0.912. The number of hydrogen-bond donors (Lipinski definition) is 1. The summed E-state index contributed by atoms with van der Waals surface area (Å²) in [5.41, 5.74) is 3.17. The van der Waals surface area contributed by atoms with Crippen LogP contribution in [0.4, 0.5) is 0 Å². The fourth-order valence-electron chi connectivity index (χ4n) is 2.05. The largest absolute Gasteiger partial charge is 0.496 e. The summed E-state index contributed by atoms with van der Waals surface area (Å²) < 4.78 is 10.8. The Morgan fingerprint density at radius 2 is 1.90 bits per heavy atom. The molecule has 0 radical (unpaired) electrons. The number of aryl methyl sites for hydroxylation is 1. The van der Waals surface area contributed by atoms with Crippen LogP contribution in [0.5, 0.6) is 11.5 Å². The number of carboxylic acid groups (broad SMARTS) is 1. The predicted molar refractivity (Wildman–Crippen MR) is 80.2 cm³/mol. The van der Waals surface area contributed by atoms with Crippen molar-refractivity contribution in [2.75, 3.05) is 7.11 Å². The second-order valence-electron chi connectivity index (χ2n) is 4.83. The number of carboxylic acids is 1. The highest BCUT2D eigenvalue weighted by Crippen LogP contribution is 2.24. The Morgan fingerprint density at radius 3 is 2.57 bits per heavy atom. The zero-order chi connectivity index (χ0) is 15.4. The van der Waals surface area contributed by atoms with Crippen LogP contribution in [0.15, 0.2) is 36.4 Å². The first-order valence-electron chi connectivity index (χ1n) is 6.62. The zero-order valence-electron chi connectivity index (χ0n) is 12.3. The van der Waals surface area contributed by atoms with Gasteiger partial charge in [-0.3, -0.25) is 0 Å². The summed E-state index contributed by atoms with van der Waals surface area (Å²) in [5, 5.41) is 9.17. The molecule has 0 heterocycles. The first kappa shape index (κ1) is 14.9. The number of carbonyl (C=O) groups is 1. The molecule has 0 saturated heterocycles. The topological polar surface area (TPSA) is 55.8 Å². The number of aromatic carboxylic acids is 1. The van der Waals surface area contributed by atoms with Gasteiger partial charge in [-0.15, -0.1) is 0 Å². The molecule has 2 rings (SSSR count). The van der Waals surface area contributed by atoms with Crippen molar-refractivity contribution in [1.29, 1.82) is 0 Å². The molecule has 0 aliphatic rings. The minimum atomic E-state index is -1.01. The first-order chi connectivity index (χ1) is 10.0. The highest BCUT2D eigenvalue weighted by atomic mass is 16.5. The summed E-state index contributed by atoms with van der Waals surface area (Å²) >= 11 is 0. The molecule has 0 unspecified atom stereocenters. The third-order valence-corrected chi connectivity index (χ3v) is 3.44. The van der Waals surface area contributed by atoms with E-state index >= 15 is 0 Å². The second-order valence-corrected chi connectivity index (χ2v) is 4.83. The lowest BCUT2D eigenvalue weighted by Gasteiger charge is -2.12. The van der Waals surface area contributed by atoms with Crippen molar-refractivity contribution in [3.8, 4) is 11.5 Å². The highest BCUT2D eigenvalue weighted by Gasteiger charge is 2.12. The predicted octanol–water partition coefficient (Wildman–Crippen LogP) is 3.59. The third kappa shape index (κ3) is 3.34. The van der Waals surface area contributed by atoms with E-state index in [1.165, 1.54) is 7.11 Å². The number of ether oxygens (including phenoxy) is 2. The molecule has 21 heavy (non-hydrogen) atoms. The fraction of sp³-hybridized carbons (Fsp3) is 0.235. The molecule has 0 aromatic heterocycles. The molecule has 1 N–H and O–H groups in total. The molecule has 4 heteroatoms. The van der Waals surface area contributed by atoms with E-state index in [1.807, 2.05) is 32.0 Å². The van der Waals surface area contributed by atoms with Crippen LogP contribution in [0, 0.1) is 13.8 Å². The first-order valence-corrected chi connectivity index (χ1v) is 6.62. The van der Waals surface area contributed by atoms with Crippen molar-refractivity contribution in [3.63, 3.8) is 0 Å². The number of hydrogen-bond acceptors (Lipinski definition) is 3. The lowest BCUT2D eigenvalue weighted by atomic mass is 10.1. The third-order valence-electron chi connectivity index (χ3n) is 3.44. The average Bonchev–Trinajstić information content (AvgIpc) is 2.48. The smallest absolute Gasteiger partial charge is 0.339 e. The van der Waals surface area contributed by atoms with Crippen LogP contribution in [-0.2, 0) is 6.61 Å². The molecule has 0 atom stereocenters. The van der Waals surface area contributed by atoms with E-state index in [4.69, 9.17) is 14.6 Å². The van der Waals surface area contributed by atoms with E-state index in [0.29, 0.717) is 12.4 Å². The van der Waals surface area contributed by atoms with Gasteiger partial charge in [0.2, 0.25) is 0 Å². The van der Waals surface area contributed by atoms with Crippen molar-refractivity contribution in [2.45, 2.75) is 20.5 Å². The number of methoxy groups -OCH3 is 1. The van der Waals surface area contributed by atoms with Gasteiger partial charge in [-0.05, 0) is 48.7 Å². The van der Waals surface area contributed by atoms with Gasteiger partial charge in [-0.1, -0.05) is 18.2 Å². The van der Waals surface area contributed by atoms with Crippen molar-refractivity contribution < 1.29 is 19.4 Å². The molecule has 0 bridgehead atoms. The maximum absolute atomic E-state index is 11.2. The summed E-state index contributed by atoms with van der Waals surface area (Å²) in [6, 6.07) is 10.9. The summed E-state index contributed by atoms with van der Waals surface area (Å²) in [4.78, 5) is 11.2. The Hall–Kier alpha value is -2.49. The Balaban J connectivity index is 2.19. The van der Waals surface area contributed by atoms with Gasteiger partial charge in [0.25, 0.3) is 0 Å². The van der Waals surface area contributed by atoms with Gasteiger partial charge >= 0.3 is 5.97 Å². The van der Waals surface area contributed by atoms with Gasteiger partial charge in [0.15, 0.2) is 0 Å². The molecular formula is C17H18O4. The minimum absolute atomic E-state index is 0.138. The molecule has 4 nitrogen and oxygen atoms in total. The fourth-order valence-corrected chi connectivity index (χ4v) is 2.05. The molecule has 0 fully saturated rings. The molecular weight excluding hydrogens is 268 g/mol. The molecule has 2 aromatic rings. The monoisotopic (exact) mass is 286 g/mol. The Labute approximate surface area is 123 Å². The standard InChI is InChI=1S/C17H18O4/c1-11-5-4-6-15(12(11)2)21-10-13-7-8-16(20-3)14(9-13)17(18)19/h4-9H,10H2,1-3H3,(H,18,19). The van der Waals surface area contributed by atoms with E-state index in [0.717, 1.165) is 22.4 Å². The number of benzene rings is 2. The van der Waals surface area contributed by atoms with E-state index in [2.05, 4.69) is 0 Å². The Bertz CT molecular complexity index is 662. The van der Waals surface area contributed by atoms with Crippen LogP contribution in [0.2, 0.25) is 0 Å². The van der Waals surface area contributed by atoms with Gasteiger partial charge < -0.3 is 14.6 Å². The van der Waals surface area contributed by atoms with Crippen LogP contribution in [0.3, 0.4) is 0 Å². The maximum atomic E-state index is 11.2. The van der Waals surface area contributed by atoms with Crippen molar-refractivity contribution in [3.05, 3.63) is 58.7 Å². The Morgan fingerprint density at radius 1 is 1.14 bits per heavy atom. The van der Waals surface area contributed by atoms with Crippen LogP contribution in [0.1, 0.15) is 27.0 Å². The molecule has 0 saturated carbocycles. The van der Waals surface area contributed by atoms with Crippen molar-refractivity contribution in [1.82, 2.24) is 0 Å². The van der Waals surface area contributed by atoms with E-state index in [1.54, 1.807) is 18.2 Å². The van der Waals surface area contributed by atoms with Gasteiger partial charge in [-0.2, -0.15) is 0 Å². The minimum Gasteiger partial charge on any atom is -0.496 e. The summed E-state index contributed by atoms with van der Waals surface area (Å²) in [5.74, 6) is 0.140. The summed E-state index contributed by atoms with van der Waals surface area (Å²) in [6.07, 6.45) is 0. The molecule has 2 aromatic carbocycles. The van der Waals surface area contributed by atoms with Gasteiger partial charge in [0.05, 0.1) is 7.11 Å². The van der Waals surface area contributed by atoms with Gasteiger partial charge in [0, 0.05) is 0 Å². The van der Waals surface area contributed by atoms with Crippen molar-refractivity contribution >= 4 is 5.97 Å². The van der Waals surface area contributed by atoms with E-state index in [-0.39, 0.29) is 5.56 Å². The van der Waals surface area contributed by atoms with Crippen LogP contribution < -0.4 is 9.47 Å². The van der Waals surface area contributed by atoms with Gasteiger partial charge in [0.1, 0.15) is 23.7 Å². The summed E-state index contributed by atoms with van der Waals surface area (Å²) in [7, 11) is 1.45. The lowest BCUT2D eigenvalue weighted by Crippen LogP contribution is -2.04. The Kier molecular flexibility index (Phi) is 4.48. The normalized spacial score (nSPS) is 10.2. The lowest BCUT2D eigenvalue weighted by molar-refractivity contribution is 0.0693. The molecule has 110 valence electrons. The highest BCUT2D eigenvalue weighted by molar-refractivity contribution is 5.91.